The molecule has 0 radical (unpaired) electrons. The lowest BCUT2D eigenvalue weighted by Crippen LogP contribution is -2.44. The summed E-state index contributed by atoms with van der Waals surface area (Å²) < 4.78 is 9.40. The number of rotatable bonds is 4. The molecule has 3 rings (SSSR count). The highest BCUT2D eigenvalue weighted by Gasteiger charge is 2.29. The van der Waals surface area contributed by atoms with Gasteiger partial charge in [0, 0.05) is 50.8 Å². The number of nitrogens with zero attached hydrogens (tertiary/aromatic N) is 4. The zero-order valence-corrected chi connectivity index (χ0v) is 12.2. The smallest absolute Gasteiger partial charge is 0.225 e. The SMILES string of the molecule is Cn1cccc1C1COCCN1C(=O)CCn1cccn1. The fourth-order valence-electron chi connectivity index (χ4n) is 2.75. The molecule has 2 aromatic rings. The van der Waals surface area contributed by atoms with Crippen LogP contribution in [0, 0.1) is 0 Å². The lowest BCUT2D eigenvalue weighted by atomic mass is 10.1. The van der Waals surface area contributed by atoms with E-state index in [1.54, 1.807) is 10.9 Å². The van der Waals surface area contributed by atoms with Crippen LogP contribution >= 0.6 is 0 Å². The Bertz CT molecular complexity index is 591. The quantitative estimate of drug-likeness (QED) is 0.850. The summed E-state index contributed by atoms with van der Waals surface area (Å²) in [6, 6.07) is 5.92. The largest absolute Gasteiger partial charge is 0.377 e. The van der Waals surface area contributed by atoms with Crippen molar-refractivity contribution in [1.82, 2.24) is 19.2 Å². The van der Waals surface area contributed by atoms with Gasteiger partial charge >= 0.3 is 0 Å². The van der Waals surface area contributed by atoms with Crippen molar-refractivity contribution in [3.63, 3.8) is 0 Å². The number of carbonyl (C=O) groups excluding carboxylic acids is 1. The second-order valence-electron chi connectivity index (χ2n) is 5.24. The number of ether oxygens (including phenoxy) is 1. The van der Waals surface area contributed by atoms with Gasteiger partial charge in [0.25, 0.3) is 0 Å². The van der Waals surface area contributed by atoms with Crippen LogP contribution in [0.1, 0.15) is 18.2 Å². The van der Waals surface area contributed by atoms with Crippen molar-refractivity contribution in [2.24, 2.45) is 7.05 Å². The predicted octanol–water partition coefficient (Wildman–Crippen LogP) is 1.21. The second kappa shape index (κ2) is 6.13. The number of aryl methyl sites for hydroxylation is 2. The Kier molecular flexibility index (Phi) is 4.06. The third-order valence-electron chi connectivity index (χ3n) is 3.89. The van der Waals surface area contributed by atoms with E-state index in [2.05, 4.69) is 5.10 Å². The molecule has 0 aliphatic carbocycles. The van der Waals surface area contributed by atoms with Crippen molar-refractivity contribution in [1.29, 1.82) is 0 Å². The molecule has 0 N–H and O–H groups in total. The molecule has 0 spiro atoms. The molecule has 1 saturated heterocycles. The van der Waals surface area contributed by atoms with E-state index in [4.69, 9.17) is 4.74 Å². The molecule has 0 aromatic carbocycles. The average Bonchev–Trinajstić information content (AvgIpc) is 3.16. The molecule has 0 saturated carbocycles. The standard InChI is InChI=1S/C15H20N4O2/c1-17-7-2-4-13(17)14-12-21-11-10-19(14)15(20)5-9-18-8-3-6-16-18/h2-4,6-8,14H,5,9-12H2,1H3. The molecule has 112 valence electrons. The van der Waals surface area contributed by atoms with E-state index in [9.17, 15) is 4.79 Å². The van der Waals surface area contributed by atoms with Crippen LogP contribution in [0.4, 0.5) is 0 Å². The van der Waals surface area contributed by atoms with Gasteiger partial charge in [0.1, 0.15) is 0 Å². The summed E-state index contributed by atoms with van der Waals surface area (Å²) in [7, 11) is 2.00. The van der Waals surface area contributed by atoms with E-state index in [-0.39, 0.29) is 11.9 Å². The van der Waals surface area contributed by atoms with E-state index in [0.29, 0.717) is 32.7 Å². The highest BCUT2D eigenvalue weighted by Crippen LogP contribution is 2.25. The third-order valence-corrected chi connectivity index (χ3v) is 3.89. The Morgan fingerprint density at radius 3 is 3.05 bits per heavy atom. The van der Waals surface area contributed by atoms with Crippen LogP contribution in [0.2, 0.25) is 0 Å². The molecule has 1 atom stereocenters. The van der Waals surface area contributed by atoms with Crippen molar-refractivity contribution >= 4 is 5.91 Å². The van der Waals surface area contributed by atoms with E-state index in [1.165, 1.54) is 0 Å². The number of amides is 1. The summed E-state index contributed by atoms with van der Waals surface area (Å²) in [5, 5.41) is 4.13. The summed E-state index contributed by atoms with van der Waals surface area (Å²) in [5.74, 6) is 0.153. The Balaban J connectivity index is 1.69. The number of aromatic nitrogens is 3. The van der Waals surface area contributed by atoms with Gasteiger partial charge in [-0.2, -0.15) is 5.10 Å². The maximum absolute atomic E-state index is 12.5. The van der Waals surface area contributed by atoms with E-state index in [1.807, 2.05) is 47.1 Å². The van der Waals surface area contributed by atoms with Crippen molar-refractivity contribution in [2.75, 3.05) is 19.8 Å². The Morgan fingerprint density at radius 2 is 2.33 bits per heavy atom. The fourth-order valence-corrected chi connectivity index (χ4v) is 2.75. The molecule has 2 aromatic heterocycles. The molecule has 0 bridgehead atoms. The lowest BCUT2D eigenvalue weighted by Gasteiger charge is -2.36. The summed E-state index contributed by atoms with van der Waals surface area (Å²) in [4.78, 5) is 14.5. The Hall–Kier alpha value is -2.08. The summed E-state index contributed by atoms with van der Waals surface area (Å²) >= 11 is 0. The minimum Gasteiger partial charge on any atom is -0.377 e. The van der Waals surface area contributed by atoms with Crippen LogP contribution in [0.3, 0.4) is 0 Å². The van der Waals surface area contributed by atoms with E-state index >= 15 is 0 Å². The van der Waals surface area contributed by atoms with Crippen LogP contribution in [-0.4, -0.2) is 44.9 Å². The predicted molar refractivity (Wildman–Crippen MR) is 77.5 cm³/mol. The van der Waals surface area contributed by atoms with Gasteiger partial charge in [-0.3, -0.25) is 9.48 Å². The van der Waals surface area contributed by atoms with E-state index in [0.717, 1.165) is 5.69 Å². The molecule has 1 unspecified atom stereocenters. The third kappa shape index (κ3) is 3.00. The highest BCUT2D eigenvalue weighted by atomic mass is 16.5. The van der Waals surface area contributed by atoms with Gasteiger partial charge in [0.05, 0.1) is 19.3 Å². The maximum Gasteiger partial charge on any atom is 0.225 e. The maximum atomic E-state index is 12.5. The first-order valence-electron chi connectivity index (χ1n) is 7.21. The minimum absolute atomic E-state index is 0.00358. The number of hydrogen-bond acceptors (Lipinski definition) is 3. The lowest BCUT2D eigenvalue weighted by molar-refractivity contribution is -0.140. The molecule has 3 heterocycles. The van der Waals surface area contributed by atoms with Gasteiger partial charge in [-0.1, -0.05) is 0 Å². The molecule has 1 amide bonds. The monoisotopic (exact) mass is 288 g/mol. The highest BCUT2D eigenvalue weighted by molar-refractivity contribution is 5.76. The normalized spacial score (nSPS) is 18.9. The summed E-state index contributed by atoms with van der Waals surface area (Å²) in [6.07, 6.45) is 6.06. The van der Waals surface area contributed by atoms with Gasteiger partial charge < -0.3 is 14.2 Å². The average molecular weight is 288 g/mol. The molecule has 1 fully saturated rings. The van der Waals surface area contributed by atoms with Crippen LogP contribution in [0.15, 0.2) is 36.8 Å². The van der Waals surface area contributed by atoms with Gasteiger partial charge in [-0.05, 0) is 18.2 Å². The first-order chi connectivity index (χ1) is 10.3. The van der Waals surface area contributed by atoms with Gasteiger partial charge in [0.15, 0.2) is 0 Å². The molecule has 21 heavy (non-hydrogen) atoms. The fraction of sp³-hybridized carbons (Fsp3) is 0.467. The number of carbonyl (C=O) groups is 1. The molecule has 6 nitrogen and oxygen atoms in total. The van der Waals surface area contributed by atoms with E-state index < -0.39 is 0 Å². The number of morpholine rings is 1. The van der Waals surface area contributed by atoms with Crippen LogP contribution in [0.25, 0.3) is 0 Å². The van der Waals surface area contributed by atoms with Crippen LogP contribution < -0.4 is 0 Å². The van der Waals surface area contributed by atoms with Gasteiger partial charge in [0.2, 0.25) is 5.91 Å². The van der Waals surface area contributed by atoms with Crippen molar-refractivity contribution in [3.8, 4) is 0 Å². The summed E-state index contributed by atoms with van der Waals surface area (Å²) in [5.41, 5.74) is 1.11. The summed E-state index contributed by atoms with van der Waals surface area (Å²) in [6.45, 7) is 2.43. The topological polar surface area (TPSA) is 52.3 Å². The van der Waals surface area contributed by atoms with Crippen molar-refractivity contribution in [2.45, 2.75) is 19.0 Å². The second-order valence-corrected chi connectivity index (χ2v) is 5.24. The number of hydrogen-bond donors (Lipinski definition) is 0. The zero-order chi connectivity index (χ0) is 14.7. The molecular weight excluding hydrogens is 268 g/mol. The molecule has 1 aliphatic heterocycles. The molecular formula is C15H20N4O2. The van der Waals surface area contributed by atoms with Gasteiger partial charge in [-0.25, -0.2) is 0 Å². The molecule has 6 heteroatoms. The van der Waals surface area contributed by atoms with Crippen LogP contribution in [-0.2, 0) is 23.1 Å². The first-order valence-corrected chi connectivity index (χ1v) is 7.21. The van der Waals surface area contributed by atoms with Crippen LogP contribution in [0.5, 0.6) is 0 Å². The molecule has 1 aliphatic rings. The Morgan fingerprint density at radius 1 is 1.43 bits per heavy atom. The Labute approximate surface area is 123 Å². The minimum atomic E-state index is 0.00358. The zero-order valence-electron chi connectivity index (χ0n) is 12.2. The first kappa shape index (κ1) is 13.9. The van der Waals surface area contributed by atoms with Gasteiger partial charge in [-0.15, -0.1) is 0 Å². The van der Waals surface area contributed by atoms with Crippen molar-refractivity contribution < 1.29 is 9.53 Å². The van der Waals surface area contributed by atoms with Crippen molar-refractivity contribution in [3.05, 3.63) is 42.5 Å².